The van der Waals surface area contributed by atoms with Gasteiger partial charge in [-0.05, 0) is 56.2 Å². The molecule has 0 aliphatic heterocycles. The summed E-state index contributed by atoms with van der Waals surface area (Å²) in [5, 5.41) is 12.1. The van der Waals surface area contributed by atoms with E-state index < -0.39 is 10.0 Å². The first-order valence-corrected chi connectivity index (χ1v) is 9.70. The molecule has 0 radical (unpaired) electrons. The van der Waals surface area contributed by atoms with E-state index in [1.54, 1.807) is 47.3 Å². The number of rotatable bonds is 6. The summed E-state index contributed by atoms with van der Waals surface area (Å²) in [4.78, 5) is 0. The van der Waals surface area contributed by atoms with Crippen molar-refractivity contribution in [3.05, 3.63) is 54.4 Å². The molecule has 2 aromatic heterocycles. The number of benzene rings is 1. The van der Waals surface area contributed by atoms with E-state index in [1.165, 1.54) is 0 Å². The first-order chi connectivity index (χ1) is 12.5. The highest BCUT2D eigenvalue weighted by atomic mass is 32.2. The van der Waals surface area contributed by atoms with E-state index in [1.807, 2.05) is 13.0 Å². The molecule has 0 unspecified atom stereocenters. The van der Waals surface area contributed by atoms with Crippen LogP contribution in [0.5, 0.6) is 11.6 Å². The van der Waals surface area contributed by atoms with Gasteiger partial charge in [0.1, 0.15) is 5.75 Å². The summed E-state index contributed by atoms with van der Waals surface area (Å²) in [6.07, 6.45) is 3.26. The van der Waals surface area contributed by atoms with Crippen LogP contribution in [0.15, 0.2) is 48.7 Å². The van der Waals surface area contributed by atoms with Gasteiger partial charge >= 0.3 is 0 Å². The highest BCUT2D eigenvalue weighted by Gasteiger charge is 2.35. The van der Waals surface area contributed by atoms with Crippen molar-refractivity contribution in [1.82, 2.24) is 20.0 Å². The predicted molar refractivity (Wildman–Crippen MR) is 96.0 cm³/mol. The van der Waals surface area contributed by atoms with Crippen molar-refractivity contribution >= 4 is 15.7 Å². The minimum absolute atomic E-state index is 0.259. The van der Waals surface area contributed by atoms with E-state index in [-0.39, 0.29) is 5.25 Å². The van der Waals surface area contributed by atoms with Gasteiger partial charge in [0.05, 0.1) is 10.9 Å². The van der Waals surface area contributed by atoms with Gasteiger partial charge in [-0.15, -0.1) is 10.2 Å². The highest BCUT2D eigenvalue weighted by molar-refractivity contribution is 7.93. The van der Waals surface area contributed by atoms with Gasteiger partial charge in [-0.25, -0.2) is 13.1 Å². The zero-order valence-corrected chi connectivity index (χ0v) is 14.8. The number of nitrogens with zero attached hydrogens (tertiary/aromatic N) is 4. The molecule has 1 saturated carbocycles. The number of anilines is 1. The van der Waals surface area contributed by atoms with Crippen LogP contribution in [0.2, 0.25) is 0 Å². The van der Waals surface area contributed by atoms with Crippen molar-refractivity contribution in [2.24, 2.45) is 0 Å². The van der Waals surface area contributed by atoms with Crippen molar-refractivity contribution in [3.8, 4) is 17.4 Å². The number of aryl methyl sites for hydroxylation is 1. The highest BCUT2D eigenvalue weighted by Crippen LogP contribution is 2.30. The molecule has 134 valence electrons. The van der Waals surface area contributed by atoms with Crippen LogP contribution in [0.1, 0.15) is 18.5 Å². The molecule has 0 bridgehead atoms. The van der Waals surface area contributed by atoms with Crippen molar-refractivity contribution in [2.75, 3.05) is 4.72 Å². The van der Waals surface area contributed by atoms with Crippen LogP contribution in [-0.4, -0.2) is 33.6 Å². The van der Waals surface area contributed by atoms with Gasteiger partial charge in [-0.1, -0.05) is 0 Å². The Morgan fingerprint density at radius 1 is 1.08 bits per heavy atom. The van der Waals surface area contributed by atoms with Gasteiger partial charge in [0, 0.05) is 18.0 Å². The number of ether oxygens (including phenoxy) is 1. The maximum Gasteiger partial charge on any atom is 0.238 e. The summed E-state index contributed by atoms with van der Waals surface area (Å²) in [5.41, 5.74) is 1.41. The lowest BCUT2D eigenvalue weighted by atomic mass is 10.3. The quantitative estimate of drug-likeness (QED) is 0.715. The van der Waals surface area contributed by atoms with Crippen LogP contribution in [0.25, 0.3) is 5.82 Å². The molecular weight excluding hydrogens is 354 g/mol. The fourth-order valence-electron chi connectivity index (χ4n) is 2.37. The van der Waals surface area contributed by atoms with E-state index in [9.17, 15) is 8.42 Å². The zero-order valence-electron chi connectivity index (χ0n) is 14.0. The summed E-state index contributed by atoms with van der Waals surface area (Å²) in [6, 6.07) is 12.0. The second-order valence-electron chi connectivity index (χ2n) is 6.10. The Bertz CT molecular complexity index is 1010. The molecule has 1 fully saturated rings. The summed E-state index contributed by atoms with van der Waals surface area (Å²) in [6.45, 7) is 1.90. The summed E-state index contributed by atoms with van der Waals surface area (Å²) >= 11 is 0. The summed E-state index contributed by atoms with van der Waals surface area (Å²) in [5.74, 6) is 1.47. The molecule has 9 heteroatoms. The molecular formula is C17H17N5O3S. The molecule has 0 saturated heterocycles. The second kappa shape index (κ2) is 6.41. The molecule has 0 atom stereocenters. The molecule has 0 amide bonds. The maximum atomic E-state index is 11.9. The molecule has 1 aliphatic rings. The number of nitrogens with one attached hydrogen (secondary N) is 1. The standard InChI is InChI=1S/C17H17N5O3S/c1-12-10-11-22(20-12)16-8-9-17(19-18-16)25-14-4-2-13(3-5-14)21-26(23,24)15-6-7-15/h2-5,8-11,15,21H,6-7H2,1H3. The summed E-state index contributed by atoms with van der Waals surface area (Å²) in [7, 11) is -3.26. The molecule has 1 aliphatic carbocycles. The van der Waals surface area contributed by atoms with Crippen molar-refractivity contribution in [3.63, 3.8) is 0 Å². The Morgan fingerprint density at radius 3 is 2.42 bits per heavy atom. The van der Waals surface area contributed by atoms with E-state index in [2.05, 4.69) is 20.0 Å². The number of aromatic nitrogens is 4. The lowest BCUT2D eigenvalue weighted by molar-refractivity contribution is 0.454. The summed E-state index contributed by atoms with van der Waals surface area (Å²) < 4.78 is 33.7. The van der Waals surface area contributed by atoms with Crippen LogP contribution in [0, 0.1) is 6.92 Å². The Morgan fingerprint density at radius 2 is 1.85 bits per heavy atom. The van der Waals surface area contributed by atoms with Gasteiger partial charge < -0.3 is 4.74 Å². The zero-order chi connectivity index (χ0) is 18.1. The van der Waals surface area contributed by atoms with E-state index in [0.717, 1.165) is 18.5 Å². The van der Waals surface area contributed by atoms with E-state index >= 15 is 0 Å². The van der Waals surface area contributed by atoms with Crippen molar-refractivity contribution in [1.29, 1.82) is 0 Å². The first kappa shape index (κ1) is 16.5. The van der Waals surface area contributed by atoms with Crippen molar-refractivity contribution < 1.29 is 13.2 Å². The average molecular weight is 371 g/mol. The fraction of sp³-hybridized carbons (Fsp3) is 0.235. The Balaban J connectivity index is 1.42. The fourth-order valence-corrected chi connectivity index (χ4v) is 3.76. The predicted octanol–water partition coefficient (Wildman–Crippen LogP) is 2.67. The topological polar surface area (TPSA) is 99.0 Å². The molecule has 0 spiro atoms. The Kier molecular flexibility index (Phi) is 4.08. The Labute approximate surface area is 150 Å². The molecule has 3 aromatic rings. The van der Waals surface area contributed by atoms with Gasteiger partial charge in [0.25, 0.3) is 0 Å². The van der Waals surface area contributed by atoms with Crippen LogP contribution in [0.3, 0.4) is 0 Å². The minimum atomic E-state index is -3.26. The van der Waals surface area contributed by atoms with Crippen molar-refractivity contribution in [2.45, 2.75) is 25.0 Å². The molecule has 1 N–H and O–H groups in total. The van der Waals surface area contributed by atoms with Crippen LogP contribution in [0.4, 0.5) is 5.69 Å². The average Bonchev–Trinajstić information content (AvgIpc) is 3.40. The minimum Gasteiger partial charge on any atom is -0.438 e. The normalized spacial score (nSPS) is 14.2. The number of hydrogen-bond donors (Lipinski definition) is 1. The third kappa shape index (κ3) is 3.67. The monoisotopic (exact) mass is 371 g/mol. The molecule has 1 aromatic carbocycles. The molecule has 4 rings (SSSR count). The molecule has 26 heavy (non-hydrogen) atoms. The smallest absolute Gasteiger partial charge is 0.238 e. The third-order valence-corrected chi connectivity index (χ3v) is 5.75. The van der Waals surface area contributed by atoms with E-state index in [0.29, 0.717) is 23.1 Å². The second-order valence-corrected chi connectivity index (χ2v) is 8.07. The number of sulfonamides is 1. The SMILES string of the molecule is Cc1ccn(-c2ccc(Oc3ccc(NS(=O)(=O)C4CC4)cc3)nn2)n1. The maximum absolute atomic E-state index is 11.9. The van der Waals surface area contributed by atoms with Gasteiger partial charge in [-0.2, -0.15) is 5.10 Å². The van der Waals surface area contributed by atoms with Gasteiger partial charge in [0.2, 0.25) is 15.9 Å². The lowest BCUT2D eigenvalue weighted by Crippen LogP contribution is -2.17. The molecule has 8 nitrogen and oxygen atoms in total. The first-order valence-electron chi connectivity index (χ1n) is 8.15. The third-order valence-electron chi connectivity index (χ3n) is 3.88. The lowest BCUT2D eigenvalue weighted by Gasteiger charge is -2.08. The van der Waals surface area contributed by atoms with E-state index in [4.69, 9.17) is 4.74 Å². The van der Waals surface area contributed by atoms with Gasteiger partial charge in [-0.3, -0.25) is 4.72 Å². The van der Waals surface area contributed by atoms with Gasteiger partial charge in [0.15, 0.2) is 5.82 Å². The molecule has 2 heterocycles. The number of hydrogen-bond acceptors (Lipinski definition) is 6. The van der Waals surface area contributed by atoms with Crippen LogP contribution >= 0.6 is 0 Å². The van der Waals surface area contributed by atoms with Crippen LogP contribution < -0.4 is 9.46 Å². The largest absolute Gasteiger partial charge is 0.438 e. The Hall–Kier alpha value is -2.94. The van der Waals surface area contributed by atoms with Crippen LogP contribution in [-0.2, 0) is 10.0 Å².